The molecule has 2 amide bonds. The zero-order valence-corrected chi connectivity index (χ0v) is 13.5. The van der Waals surface area contributed by atoms with E-state index >= 15 is 0 Å². The second-order valence-electron chi connectivity index (χ2n) is 5.90. The maximum Gasteiger partial charge on any atom is 0.416 e. The highest BCUT2D eigenvalue weighted by Crippen LogP contribution is 2.32. The molecule has 2 aromatic rings. The lowest BCUT2D eigenvalue weighted by Crippen LogP contribution is -2.43. The van der Waals surface area contributed by atoms with Gasteiger partial charge in [-0.2, -0.15) is 13.2 Å². The molecule has 25 heavy (non-hydrogen) atoms. The number of carbonyl (C=O) groups is 1. The van der Waals surface area contributed by atoms with Crippen LogP contribution in [-0.4, -0.2) is 29.0 Å². The third-order valence-electron chi connectivity index (χ3n) is 4.15. The van der Waals surface area contributed by atoms with Gasteiger partial charge < -0.3 is 4.90 Å². The smallest absolute Gasteiger partial charge is 0.324 e. The van der Waals surface area contributed by atoms with Gasteiger partial charge in [0.2, 0.25) is 0 Å². The Morgan fingerprint density at radius 2 is 1.68 bits per heavy atom. The second kappa shape index (κ2) is 7.13. The number of benzene rings is 1. The lowest BCUT2D eigenvalue weighted by atomic mass is 10.1. The fourth-order valence-electron chi connectivity index (χ4n) is 2.85. The summed E-state index contributed by atoms with van der Waals surface area (Å²) in [5.74, 6) is 0.387. The number of anilines is 2. The first-order chi connectivity index (χ1) is 12.0. The van der Waals surface area contributed by atoms with Crippen LogP contribution in [0.2, 0.25) is 0 Å². The van der Waals surface area contributed by atoms with Crippen LogP contribution in [0.1, 0.15) is 24.8 Å². The van der Waals surface area contributed by atoms with E-state index in [4.69, 9.17) is 0 Å². The minimum absolute atomic E-state index is 0.266. The number of pyridine rings is 1. The van der Waals surface area contributed by atoms with Crippen molar-refractivity contribution in [3.63, 3.8) is 0 Å². The number of piperidine rings is 1. The van der Waals surface area contributed by atoms with Crippen molar-refractivity contribution in [2.24, 2.45) is 0 Å². The largest absolute Gasteiger partial charge is 0.416 e. The van der Waals surface area contributed by atoms with Gasteiger partial charge in [0, 0.05) is 19.3 Å². The van der Waals surface area contributed by atoms with Crippen LogP contribution in [-0.2, 0) is 6.18 Å². The molecule has 1 aromatic carbocycles. The summed E-state index contributed by atoms with van der Waals surface area (Å²) in [6.07, 6.45) is 0.0679. The Labute approximate surface area is 143 Å². The third kappa shape index (κ3) is 3.92. The highest BCUT2D eigenvalue weighted by Gasteiger charge is 2.31. The van der Waals surface area contributed by atoms with Gasteiger partial charge in [-0.25, -0.2) is 14.7 Å². The number of halogens is 3. The number of amides is 2. The summed E-state index contributed by atoms with van der Waals surface area (Å²) in [5, 5.41) is 0. The van der Waals surface area contributed by atoms with Crippen LogP contribution in [0.15, 0.2) is 48.7 Å². The van der Waals surface area contributed by atoms with E-state index in [1.54, 1.807) is 29.3 Å². The molecule has 0 atom stereocenters. The number of nitrogens with zero attached hydrogens (tertiary/aromatic N) is 3. The fraction of sp³-hybridized carbons (Fsp3) is 0.333. The summed E-state index contributed by atoms with van der Waals surface area (Å²) >= 11 is 0. The van der Waals surface area contributed by atoms with Crippen molar-refractivity contribution in [3.8, 4) is 0 Å². The summed E-state index contributed by atoms with van der Waals surface area (Å²) < 4.78 is 38.4. The van der Waals surface area contributed by atoms with Gasteiger partial charge in [-0.3, -0.25) is 0 Å². The van der Waals surface area contributed by atoms with E-state index in [-0.39, 0.29) is 6.03 Å². The van der Waals surface area contributed by atoms with Gasteiger partial charge in [-0.05, 0) is 55.7 Å². The zero-order valence-electron chi connectivity index (χ0n) is 13.5. The molecule has 7 heteroatoms. The van der Waals surface area contributed by atoms with Crippen LogP contribution in [0.5, 0.6) is 0 Å². The molecule has 2 heterocycles. The Kier molecular flexibility index (Phi) is 4.92. The van der Waals surface area contributed by atoms with Crippen LogP contribution >= 0.6 is 0 Å². The van der Waals surface area contributed by atoms with Crippen LogP contribution in [0, 0.1) is 0 Å². The number of aromatic nitrogens is 1. The van der Waals surface area contributed by atoms with E-state index in [9.17, 15) is 18.0 Å². The van der Waals surface area contributed by atoms with Crippen molar-refractivity contribution in [1.82, 2.24) is 9.88 Å². The molecular weight excluding hydrogens is 331 g/mol. The van der Waals surface area contributed by atoms with Crippen molar-refractivity contribution in [3.05, 3.63) is 54.2 Å². The first kappa shape index (κ1) is 17.3. The van der Waals surface area contributed by atoms with Gasteiger partial charge in [0.15, 0.2) is 0 Å². The number of carbonyl (C=O) groups excluding carboxylic acids is 1. The number of alkyl halides is 3. The van der Waals surface area contributed by atoms with Crippen molar-refractivity contribution in [1.29, 1.82) is 0 Å². The van der Waals surface area contributed by atoms with Crippen molar-refractivity contribution in [2.45, 2.75) is 25.4 Å². The number of rotatable bonds is 2. The highest BCUT2D eigenvalue weighted by atomic mass is 19.4. The maximum absolute atomic E-state index is 13.0. The van der Waals surface area contributed by atoms with Crippen molar-refractivity contribution in [2.75, 3.05) is 18.0 Å². The molecule has 1 saturated heterocycles. The summed E-state index contributed by atoms with van der Waals surface area (Å²) in [4.78, 5) is 20.3. The Morgan fingerprint density at radius 3 is 2.24 bits per heavy atom. The van der Waals surface area contributed by atoms with E-state index in [0.29, 0.717) is 24.6 Å². The van der Waals surface area contributed by atoms with Gasteiger partial charge >= 0.3 is 12.2 Å². The van der Waals surface area contributed by atoms with E-state index in [2.05, 4.69) is 4.98 Å². The topological polar surface area (TPSA) is 36.4 Å². The summed E-state index contributed by atoms with van der Waals surface area (Å²) in [7, 11) is 0. The predicted molar refractivity (Wildman–Crippen MR) is 88.6 cm³/mol. The van der Waals surface area contributed by atoms with E-state index < -0.39 is 11.7 Å². The molecule has 0 saturated carbocycles. The Bertz CT molecular complexity index is 711. The second-order valence-corrected chi connectivity index (χ2v) is 5.90. The van der Waals surface area contributed by atoms with Crippen molar-refractivity contribution < 1.29 is 18.0 Å². The monoisotopic (exact) mass is 349 g/mol. The average Bonchev–Trinajstić information content (AvgIpc) is 2.63. The molecule has 1 aliphatic rings. The molecular formula is C18H18F3N3O. The zero-order chi connectivity index (χ0) is 17.9. The first-order valence-corrected chi connectivity index (χ1v) is 8.14. The molecule has 1 fully saturated rings. The standard InChI is InChI=1S/C18H18F3N3O/c19-18(20,21)14-7-9-15(10-8-14)24(16-6-2-3-11-22-16)17(25)23-12-4-1-5-13-23/h2-3,6-11H,1,4-5,12-13H2. The van der Waals surface area contributed by atoms with E-state index in [0.717, 1.165) is 31.4 Å². The molecule has 0 N–H and O–H groups in total. The van der Waals surface area contributed by atoms with E-state index in [1.807, 2.05) is 0 Å². The number of hydrogen-bond donors (Lipinski definition) is 0. The minimum Gasteiger partial charge on any atom is -0.324 e. The molecule has 132 valence electrons. The normalized spacial score (nSPS) is 15.1. The third-order valence-corrected chi connectivity index (χ3v) is 4.15. The molecule has 4 nitrogen and oxygen atoms in total. The molecule has 1 aliphatic heterocycles. The summed E-state index contributed by atoms with van der Waals surface area (Å²) in [6, 6.07) is 9.43. The average molecular weight is 349 g/mol. The van der Waals surface area contributed by atoms with Gasteiger partial charge in [-0.15, -0.1) is 0 Å². The molecule has 3 rings (SSSR count). The van der Waals surface area contributed by atoms with Crippen LogP contribution in [0.4, 0.5) is 29.5 Å². The molecule has 0 spiro atoms. The molecule has 0 bridgehead atoms. The van der Waals surface area contributed by atoms with E-state index in [1.165, 1.54) is 17.0 Å². The first-order valence-electron chi connectivity index (χ1n) is 8.14. The number of hydrogen-bond acceptors (Lipinski definition) is 2. The van der Waals surface area contributed by atoms with Gasteiger partial charge in [0.1, 0.15) is 5.82 Å². The van der Waals surface area contributed by atoms with Gasteiger partial charge in [-0.1, -0.05) is 6.07 Å². The molecule has 1 aromatic heterocycles. The number of urea groups is 1. The summed E-state index contributed by atoms with van der Waals surface area (Å²) in [5.41, 5.74) is -0.384. The van der Waals surface area contributed by atoms with Gasteiger partial charge in [0.25, 0.3) is 0 Å². The molecule has 0 unspecified atom stereocenters. The molecule has 0 aliphatic carbocycles. The van der Waals surface area contributed by atoms with Crippen molar-refractivity contribution >= 4 is 17.5 Å². The Balaban J connectivity index is 1.95. The van der Waals surface area contributed by atoms with Crippen LogP contribution in [0.25, 0.3) is 0 Å². The highest BCUT2D eigenvalue weighted by molar-refractivity contribution is 5.98. The molecule has 0 radical (unpaired) electrons. The minimum atomic E-state index is -4.41. The van der Waals surface area contributed by atoms with Crippen LogP contribution < -0.4 is 4.90 Å². The number of likely N-dealkylation sites (tertiary alicyclic amines) is 1. The quantitative estimate of drug-likeness (QED) is 0.777. The Morgan fingerprint density at radius 1 is 1.00 bits per heavy atom. The lowest BCUT2D eigenvalue weighted by Gasteiger charge is -2.32. The lowest BCUT2D eigenvalue weighted by molar-refractivity contribution is -0.137. The SMILES string of the molecule is O=C(N1CCCCC1)N(c1ccc(C(F)(F)F)cc1)c1ccccn1. The summed E-state index contributed by atoms with van der Waals surface area (Å²) in [6.45, 7) is 1.28. The maximum atomic E-state index is 13.0. The predicted octanol–water partition coefficient (Wildman–Crippen LogP) is 4.84. The fourth-order valence-corrected chi connectivity index (χ4v) is 2.85. The Hall–Kier alpha value is -2.57. The van der Waals surface area contributed by atoms with Crippen LogP contribution in [0.3, 0.4) is 0 Å². The van der Waals surface area contributed by atoms with Gasteiger partial charge in [0.05, 0.1) is 11.3 Å².